The molecule has 4 atom stereocenters. The highest BCUT2D eigenvalue weighted by Gasteiger charge is 2.45. The average Bonchev–Trinajstić information content (AvgIpc) is 3.13. The Morgan fingerprint density at radius 3 is 1.48 bits per heavy atom. The standard InChI is InChI=1S/C19H32N2/c1-3-9-20(10-4-1)14-18-16-7-8-17(13-16)19(18)15-21-11-5-2-6-12-21/h7-8,16-19H,1-6,9-15H2/t16?,17?,18-,19-/m1/s1. The highest BCUT2D eigenvalue weighted by molar-refractivity contribution is 5.14. The van der Waals surface area contributed by atoms with Crippen LogP contribution in [0.5, 0.6) is 0 Å². The number of allylic oxidation sites excluding steroid dienone is 2. The summed E-state index contributed by atoms with van der Waals surface area (Å²) in [5.74, 6) is 3.73. The predicted molar refractivity (Wildman–Crippen MR) is 88.3 cm³/mol. The number of nitrogens with zero attached hydrogens (tertiary/aromatic N) is 2. The lowest BCUT2D eigenvalue weighted by molar-refractivity contribution is 0.117. The van der Waals surface area contributed by atoms with Gasteiger partial charge in [-0.05, 0) is 82.0 Å². The first kappa shape index (κ1) is 14.3. The fourth-order valence-corrected chi connectivity index (χ4v) is 5.45. The van der Waals surface area contributed by atoms with Crippen molar-refractivity contribution in [2.24, 2.45) is 23.7 Å². The van der Waals surface area contributed by atoms with Gasteiger partial charge in [-0.1, -0.05) is 25.0 Å². The summed E-state index contributed by atoms with van der Waals surface area (Å²) in [7, 11) is 0. The van der Waals surface area contributed by atoms with Crippen LogP contribution in [0.3, 0.4) is 0 Å². The molecule has 0 aromatic carbocycles. The Bertz CT molecular complexity index is 332. The van der Waals surface area contributed by atoms with Crippen molar-refractivity contribution in [2.45, 2.75) is 44.9 Å². The number of hydrogen-bond acceptors (Lipinski definition) is 2. The molecule has 0 N–H and O–H groups in total. The first-order valence-corrected chi connectivity index (χ1v) is 9.53. The van der Waals surface area contributed by atoms with Gasteiger partial charge in [0.1, 0.15) is 0 Å². The maximum absolute atomic E-state index is 2.78. The molecule has 4 rings (SSSR count). The van der Waals surface area contributed by atoms with Crippen molar-refractivity contribution in [2.75, 3.05) is 39.3 Å². The van der Waals surface area contributed by atoms with Crippen LogP contribution in [0.4, 0.5) is 0 Å². The Balaban J connectivity index is 1.39. The third kappa shape index (κ3) is 3.07. The largest absolute Gasteiger partial charge is 0.303 e. The Hall–Kier alpha value is -0.340. The maximum atomic E-state index is 2.78. The SMILES string of the molecule is C1=CC2CC1[C@@H](CN1CCCCC1)[C@@H]2CN1CCCCC1. The van der Waals surface area contributed by atoms with Crippen LogP contribution in [0.15, 0.2) is 12.2 Å². The van der Waals surface area contributed by atoms with Crippen molar-refractivity contribution in [1.29, 1.82) is 0 Å². The second kappa shape index (κ2) is 6.42. The predicted octanol–water partition coefficient (Wildman–Crippen LogP) is 3.40. The number of piperidine rings is 2. The van der Waals surface area contributed by atoms with E-state index in [0.29, 0.717) is 0 Å². The normalized spacial score (nSPS) is 41.0. The summed E-state index contributed by atoms with van der Waals surface area (Å²) in [5.41, 5.74) is 0. The molecule has 0 amide bonds. The van der Waals surface area contributed by atoms with Gasteiger partial charge in [0.2, 0.25) is 0 Å². The van der Waals surface area contributed by atoms with Gasteiger partial charge in [0.05, 0.1) is 0 Å². The van der Waals surface area contributed by atoms with Gasteiger partial charge in [0.15, 0.2) is 0 Å². The average molecular weight is 288 g/mol. The Labute approximate surface area is 130 Å². The van der Waals surface area contributed by atoms with Crippen LogP contribution < -0.4 is 0 Å². The molecule has 0 radical (unpaired) electrons. The molecular weight excluding hydrogens is 256 g/mol. The minimum absolute atomic E-state index is 0.909. The smallest absolute Gasteiger partial charge is 0.00186 e. The quantitative estimate of drug-likeness (QED) is 0.732. The van der Waals surface area contributed by atoms with E-state index >= 15 is 0 Å². The van der Waals surface area contributed by atoms with E-state index in [1.165, 1.54) is 84.2 Å². The van der Waals surface area contributed by atoms with E-state index in [0.717, 1.165) is 23.7 Å². The van der Waals surface area contributed by atoms with Gasteiger partial charge >= 0.3 is 0 Å². The first-order chi connectivity index (χ1) is 10.4. The summed E-state index contributed by atoms with van der Waals surface area (Å²) >= 11 is 0. The minimum atomic E-state index is 0.909. The molecular formula is C19H32N2. The Morgan fingerprint density at radius 2 is 1.05 bits per heavy atom. The molecule has 118 valence electrons. The number of fused-ring (bicyclic) bond motifs is 2. The highest BCUT2D eigenvalue weighted by atomic mass is 15.1. The van der Waals surface area contributed by atoms with Crippen LogP contribution in [-0.4, -0.2) is 49.1 Å². The molecule has 1 saturated carbocycles. The monoisotopic (exact) mass is 288 g/mol. The van der Waals surface area contributed by atoms with Gasteiger partial charge in [0, 0.05) is 13.1 Å². The van der Waals surface area contributed by atoms with Crippen molar-refractivity contribution >= 4 is 0 Å². The number of hydrogen-bond donors (Lipinski definition) is 0. The molecule has 2 saturated heterocycles. The van der Waals surface area contributed by atoms with Crippen LogP contribution in [0.2, 0.25) is 0 Å². The van der Waals surface area contributed by atoms with Crippen LogP contribution >= 0.6 is 0 Å². The lowest BCUT2D eigenvalue weighted by atomic mass is 9.81. The zero-order valence-electron chi connectivity index (χ0n) is 13.6. The van der Waals surface area contributed by atoms with E-state index in [1.54, 1.807) is 0 Å². The van der Waals surface area contributed by atoms with Gasteiger partial charge in [-0.15, -0.1) is 0 Å². The van der Waals surface area contributed by atoms with Crippen LogP contribution in [0, 0.1) is 23.7 Å². The van der Waals surface area contributed by atoms with Crippen molar-refractivity contribution in [3.05, 3.63) is 12.2 Å². The molecule has 2 heterocycles. The zero-order valence-corrected chi connectivity index (χ0v) is 13.6. The summed E-state index contributed by atoms with van der Waals surface area (Å²) in [4.78, 5) is 5.57. The fourth-order valence-electron chi connectivity index (χ4n) is 5.45. The molecule has 0 spiro atoms. The second-order valence-corrected chi connectivity index (χ2v) is 8.00. The molecule has 2 aliphatic heterocycles. The third-order valence-corrected chi connectivity index (χ3v) is 6.64. The van der Waals surface area contributed by atoms with Crippen molar-refractivity contribution in [3.8, 4) is 0 Å². The van der Waals surface area contributed by atoms with E-state index in [-0.39, 0.29) is 0 Å². The lowest BCUT2D eigenvalue weighted by Gasteiger charge is -2.38. The van der Waals surface area contributed by atoms with Gasteiger partial charge in [-0.25, -0.2) is 0 Å². The van der Waals surface area contributed by atoms with E-state index < -0.39 is 0 Å². The molecule has 3 fully saturated rings. The lowest BCUT2D eigenvalue weighted by Crippen LogP contribution is -2.42. The Kier molecular flexibility index (Phi) is 4.36. The maximum Gasteiger partial charge on any atom is 0.00186 e. The molecule has 2 unspecified atom stereocenters. The van der Waals surface area contributed by atoms with Gasteiger partial charge in [-0.3, -0.25) is 0 Å². The van der Waals surface area contributed by atoms with Crippen LogP contribution in [-0.2, 0) is 0 Å². The molecule has 2 bridgehead atoms. The highest BCUT2D eigenvalue weighted by Crippen LogP contribution is 2.48. The van der Waals surface area contributed by atoms with E-state index in [2.05, 4.69) is 22.0 Å². The molecule has 4 aliphatic rings. The molecule has 2 heteroatoms. The fraction of sp³-hybridized carbons (Fsp3) is 0.895. The van der Waals surface area contributed by atoms with Crippen LogP contribution in [0.25, 0.3) is 0 Å². The van der Waals surface area contributed by atoms with E-state index in [4.69, 9.17) is 0 Å². The Morgan fingerprint density at radius 1 is 0.619 bits per heavy atom. The zero-order chi connectivity index (χ0) is 14.1. The topological polar surface area (TPSA) is 6.48 Å². The second-order valence-electron chi connectivity index (χ2n) is 8.00. The minimum Gasteiger partial charge on any atom is -0.303 e. The van der Waals surface area contributed by atoms with Gasteiger partial charge in [-0.2, -0.15) is 0 Å². The van der Waals surface area contributed by atoms with Crippen molar-refractivity contribution in [1.82, 2.24) is 9.80 Å². The summed E-state index contributed by atoms with van der Waals surface area (Å²) in [6.07, 6.45) is 15.3. The van der Waals surface area contributed by atoms with Crippen molar-refractivity contribution < 1.29 is 0 Å². The van der Waals surface area contributed by atoms with Crippen molar-refractivity contribution in [3.63, 3.8) is 0 Å². The van der Waals surface area contributed by atoms with Gasteiger partial charge < -0.3 is 9.80 Å². The molecule has 0 aromatic rings. The number of rotatable bonds is 4. The number of likely N-dealkylation sites (tertiary alicyclic amines) is 2. The molecule has 0 aromatic heterocycles. The first-order valence-electron chi connectivity index (χ1n) is 9.53. The van der Waals surface area contributed by atoms with E-state index in [1.807, 2.05) is 0 Å². The molecule has 2 aliphatic carbocycles. The third-order valence-electron chi connectivity index (χ3n) is 6.64. The van der Waals surface area contributed by atoms with E-state index in [9.17, 15) is 0 Å². The summed E-state index contributed by atoms with van der Waals surface area (Å²) < 4.78 is 0. The van der Waals surface area contributed by atoms with Gasteiger partial charge in [0.25, 0.3) is 0 Å². The molecule has 21 heavy (non-hydrogen) atoms. The summed E-state index contributed by atoms with van der Waals surface area (Å²) in [5, 5.41) is 0. The van der Waals surface area contributed by atoms with Crippen LogP contribution in [0.1, 0.15) is 44.9 Å². The summed E-state index contributed by atoms with van der Waals surface area (Å²) in [6.45, 7) is 8.26. The molecule has 2 nitrogen and oxygen atoms in total. The summed E-state index contributed by atoms with van der Waals surface area (Å²) in [6, 6.07) is 0.